The van der Waals surface area contributed by atoms with Crippen LogP contribution < -0.4 is 9.46 Å². The molecule has 0 saturated heterocycles. The molecular weight excluding hydrogens is 554 g/mol. The summed E-state index contributed by atoms with van der Waals surface area (Å²) in [6.45, 7) is 2.51. The van der Waals surface area contributed by atoms with Crippen molar-refractivity contribution < 1.29 is 32.1 Å². The normalized spacial score (nSPS) is 13.4. The molecule has 0 bridgehead atoms. The summed E-state index contributed by atoms with van der Waals surface area (Å²) in [7, 11) is 1.88. The van der Waals surface area contributed by atoms with Gasteiger partial charge >= 0.3 is 0 Å². The van der Waals surface area contributed by atoms with Crippen molar-refractivity contribution in [1.82, 2.24) is 29.7 Å². The highest BCUT2D eigenvalue weighted by Gasteiger charge is 2.35. The maximum Gasteiger partial charge on any atom is 0.240 e. The minimum atomic E-state index is -4.11. The van der Waals surface area contributed by atoms with E-state index in [1.165, 1.54) is 40.6 Å². The first-order valence-electron chi connectivity index (χ1n) is 11.8. The SMILES string of the molecule is COCCOc1cccc(-c2nnc(NS(=O)(=O)[C@@H](C)[C@H](OC)c3ncc(Cl)cn3)n2C(COC)COC)n1. The second-order valence-electron chi connectivity index (χ2n) is 8.25. The smallest absolute Gasteiger partial charge is 0.240 e. The molecule has 3 rings (SSSR count). The van der Waals surface area contributed by atoms with E-state index in [4.69, 9.17) is 35.3 Å². The Kier molecular flexibility index (Phi) is 11.3. The van der Waals surface area contributed by atoms with E-state index >= 15 is 0 Å². The summed E-state index contributed by atoms with van der Waals surface area (Å²) >= 11 is 5.88. The minimum absolute atomic E-state index is 0.0599. The molecular formula is C23H32ClN7O7S. The lowest BCUT2D eigenvalue weighted by molar-refractivity contribution is 0.0907. The molecule has 214 valence electrons. The molecule has 0 unspecified atom stereocenters. The number of halogens is 1. The first-order valence-corrected chi connectivity index (χ1v) is 13.7. The molecule has 0 fully saturated rings. The van der Waals surface area contributed by atoms with Crippen molar-refractivity contribution in [3.63, 3.8) is 0 Å². The molecule has 3 heterocycles. The lowest BCUT2D eigenvalue weighted by Gasteiger charge is -2.24. The largest absolute Gasteiger partial charge is 0.475 e. The van der Waals surface area contributed by atoms with Crippen molar-refractivity contribution in [2.45, 2.75) is 24.3 Å². The molecule has 0 aliphatic carbocycles. The Labute approximate surface area is 232 Å². The maximum absolute atomic E-state index is 13.5. The highest BCUT2D eigenvalue weighted by Crippen LogP contribution is 2.29. The number of hydrogen-bond donors (Lipinski definition) is 1. The zero-order valence-electron chi connectivity index (χ0n) is 22.3. The topological polar surface area (TPSA) is 162 Å². The van der Waals surface area contributed by atoms with E-state index in [1.54, 1.807) is 29.9 Å². The fraction of sp³-hybridized carbons (Fsp3) is 0.522. The molecule has 1 N–H and O–H groups in total. The lowest BCUT2D eigenvalue weighted by Crippen LogP contribution is -2.34. The van der Waals surface area contributed by atoms with Gasteiger partial charge in [-0.25, -0.2) is 23.4 Å². The van der Waals surface area contributed by atoms with Crippen LogP contribution in [0.25, 0.3) is 11.5 Å². The molecule has 0 radical (unpaired) electrons. The van der Waals surface area contributed by atoms with Crippen LogP contribution in [0.5, 0.6) is 5.88 Å². The van der Waals surface area contributed by atoms with Gasteiger partial charge in [0, 0.05) is 46.9 Å². The van der Waals surface area contributed by atoms with Gasteiger partial charge in [0.25, 0.3) is 0 Å². The van der Waals surface area contributed by atoms with Crippen molar-refractivity contribution >= 4 is 27.6 Å². The number of pyridine rings is 1. The van der Waals surface area contributed by atoms with Crippen LogP contribution in [0.4, 0.5) is 5.95 Å². The maximum atomic E-state index is 13.5. The van der Waals surface area contributed by atoms with Crippen LogP contribution >= 0.6 is 11.6 Å². The van der Waals surface area contributed by atoms with Crippen LogP contribution in [0.2, 0.25) is 5.02 Å². The molecule has 0 amide bonds. The van der Waals surface area contributed by atoms with Gasteiger partial charge in [-0.05, 0) is 13.0 Å². The number of anilines is 1. The van der Waals surface area contributed by atoms with Crippen molar-refractivity contribution in [2.75, 3.05) is 59.6 Å². The number of nitrogens with zero attached hydrogens (tertiary/aromatic N) is 6. The van der Waals surface area contributed by atoms with Gasteiger partial charge in [0.15, 0.2) is 11.6 Å². The number of sulfonamides is 1. The van der Waals surface area contributed by atoms with Gasteiger partial charge in [0.05, 0.1) is 30.9 Å². The Bertz CT molecular complexity index is 1290. The third-order valence-corrected chi connectivity index (χ3v) is 7.46. The Morgan fingerprint density at radius 1 is 1.00 bits per heavy atom. The Morgan fingerprint density at radius 2 is 1.69 bits per heavy atom. The van der Waals surface area contributed by atoms with E-state index in [-0.39, 0.29) is 30.8 Å². The van der Waals surface area contributed by atoms with Crippen LogP contribution in [-0.4, -0.2) is 98.3 Å². The molecule has 14 nitrogen and oxygen atoms in total. The van der Waals surface area contributed by atoms with E-state index in [9.17, 15) is 8.42 Å². The standard InChI is InChI=1S/C23H32ClN7O7S/c1-15(20(37-5)21-25-11-16(24)12-26-21)39(32,33)30-23-29-28-22(31(23)17(13-35-3)14-36-4)18-7-6-8-19(27-18)38-10-9-34-2/h6-8,11-12,15,17,20H,9-10,13-14H2,1-5H3,(H,29,30)/t15-,20-/m0/s1. The summed E-state index contributed by atoms with van der Waals surface area (Å²) in [5.74, 6) is 0.722. The van der Waals surface area contributed by atoms with Crippen LogP contribution in [0.15, 0.2) is 30.6 Å². The molecule has 3 aromatic heterocycles. The van der Waals surface area contributed by atoms with E-state index in [0.717, 1.165) is 0 Å². The third kappa shape index (κ3) is 7.80. The highest BCUT2D eigenvalue weighted by atomic mass is 35.5. The van der Waals surface area contributed by atoms with Gasteiger partial charge in [-0.2, -0.15) is 0 Å². The van der Waals surface area contributed by atoms with Gasteiger partial charge in [0.2, 0.25) is 21.9 Å². The van der Waals surface area contributed by atoms with E-state index in [0.29, 0.717) is 29.8 Å². The van der Waals surface area contributed by atoms with Gasteiger partial charge in [0.1, 0.15) is 23.7 Å². The van der Waals surface area contributed by atoms with E-state index in [1.807, 2.05) is 0 Å². The second kappa shape index (κ2) is 14.4. The molecule has 0 aromatic carbocycles. The van der Waals surface area contributed by atoms with Gasteiger partial charge in [-0.1, -0.05) is 17.7 Å². The average Bonchev–Trinajstić information content (AvgIpc) is 3.33. The number of methoxy groups -OCH3 is 4. The molecule has 3 aromatic rings. The molecule has 0 aliphatic rings. The number of ether oxygens (including phenoxy) is 5. The summed E-state index contributed by atoms with van der Waals surface area (Å²) in [5.41, 5.74) is 0.400. The van der Waals surface area contributed by atoms with Crippen molar-refractivity contribution in [3.05, 3.63) is 41.4 Å². The third-order valence-electron chi connectivity index (χ3n) is 5.57. The van der Waals surface area contributed by atoms with Crippen molar-refractivity contribution in [3.8, 4) is 17.4 Å². The van der Waals surface area contributed by atoms with Crippen LogP contribution in [-0.2, 0) is 29.0 Å². The van der Waals surface area contributed by atoms with Crippen LogP contribution in [0, 0.1) is 0 Å². The molecule has 39 heavy (non-hydrogen) atoms. The number of rotatable bonds is 16. The van der Waals surface area contributed by atoms with Gasteiger partial charge < -0.3 is 23.7 Å². The fourth-order valence-electron chi connectivity index (χ4n) is 3.67. The molecule has 0 aliphatic heterocycles. The fourth-order valence-corrected chi connectivity index (χ4v) is 4.91. The quantitative estimate of drug-likeness (QED) is 0.244. The highest BCUT2D eigenvalue weighted by molar-refractivity contribution is 7.93. The first-order chi connectivity index (χ1) is 18.7. The van der Waals surface area contributed by atoms with Gasteiger partial charge in [-0.3, -0.25) is 9.29 Å². The number of aromatic nitrogens is 6. The van der Waals surface area contributed by atoms with Crippen molar-refractivity contribution in [2.24, 2.45) is 0 Å². The Morgan fingerprint density at radius 3 is 2.31 bits per heavy atom. The molecule has 16 heteroatoms. The average molecular weight is 586 g/mol. The Balaban J connectivity index is 2.00. The van der Waals surface area contributed by atoms with Crippen LogP contribution in [0.1, 0.15) is 24.9 Å². The monoisotopic (exact) mass is 585 g/mol. The summed E-state index contributed by atoms with van der Waals surface area (Å²) in [5, 5.41) is 7.57. The van der Waals surface area contributed by atoms with Crippen molar-refractivity contribution in [1.29, 1.82) is 0 Å². The minimum Gasteiger partial charge on any atom is -0.475 e. The van der Waals surface area contributed by atoms with E-state index in [2.05, 4.69) is 29.9 Å². The summed E-state index contributed by atoms with van der Waals surface area (Å²) in [6, 6.07) is 4.64. The summed E-state index contributed by atoms with van der Waals surface area (Å²) < 4.78 is 58.0. The predicted molar refractivity (Wildman–Crippen MR) is 142 cm³/mol. The predicted octanol–water partition coefficient (Wildman–Crippen LogP) is 2.16. The molecule has 2 atom stereocenters. The number of hydrogen-bond acceptors (Lipinski definition) is 12. The summed E-state index contributed by atoms with van der Waals surface area (Å²) in [6.07, 6.45) is 1.74. The molecule has 0 saturated carbocycles. The lowest BCUT2D eigenvalue weighted by atomic mass is 10.2. The van der Waals surface area contributed by atoms with Gasteiger partial charge in [-0.15, -0.1) is 10.2 Å². The second-order valence-corrected chi connectivity index (χ2v) is 10.7. The Hall–Kier alpha value is -2.95. The summed E-state index contributed by atoms with van der Waals surface area (Å²) in [4.78, 5) is 12.7. The van der Waals surface area contributed by atoms with Crippen LogP contribution in [0.3, 0.4) is 0 Å². The zero-order chi connectivity index (χ0) is 28.4. The zero-order valence-corrected chi connectivity index (χ0v) is 23.8. The van der Waals surface area contributed by atoms with E-state index < -0.39 is 27.4 Å². The first kappa shape index (κ1) is 30.6. The number of nitrogens with one attached hydrogen (secondary N) is 1. The molecule has 0 spiro atoms.